The summed E-state index contributed by atoms with van der Waals surface area (Å²) in [7, 11) is -3.84. The summed E-state index contributed by atoms with van der Waals surface area (Å²) in [6.07, 6.45) is 7.52. The lowest BCUT2D eigenvalue weighted by Crippen LogP contribution is -2.46. The van der Waals surface area contributed by atoms with E-state index in [0.29, 0.717) is 37.6 Å². The smallest absolute Gasteiger partial charge is 0.243 e. The molecule has 1 aliphatic heterocycles. The number of amides is 2. The number of hydrogen-bond acceptors (Lipinski definition) is 5. The Hall–Kier alpha value is -2.91. The van der Waals surface area contributed by atoms with Crippen LogP contribution in [-0.4, -0.2) is 50.3 Å². The molecule has 8 nitrogen and oxygen atoms in total. The molecular formula is C27H35N3O5S. The average molecular weight is 514 g/mol. The molecule has 1 aliphatic carbocycles. The number of nitrogens with one attached hydrogen (secondary N) is 2. The van der Waals surface area contributed by atoms with E-state index in [0.717, 1.165) is 5.75 Å². The van der Waals surface area contributed by atoms with Gasteiger partial charge in [-0.1, -0.05) is 31.4 Å². The van der Waals surface area contributed by atoms with E-state index in [-0.39, 0.29) is 23.3 Å². The van der Waals surface area contributed by atoms with Gasteiger partial charge in [0.2, 0.25) is 21.8 Å². The van der Waals surface area contributed by atoms with E-state index in [9.17, 15) is 18.0 Å². The van der Waals surface area contributed by atoms with Crippen LogP contribution in [0.4, 0.5) is 5.69 Å². The molecule has 4 rings (SSSR count). The van der Waals surface area contributed by atoms with Gasteiger partial charge in [0.25, 0.3) is 0 Å². The van der Waals surface area contributed by atoms with Crippen LogP contribution in [0.25, 0.3) is 0 Å². The Morgan fingerprint density at radius 1 is 0.944 bits per heavy atom. The number of hydrogen-bond donors (Lipinski definition) is 2. The Balaban J connectivity index is 1.27. The summed E-state index contributed by atoms with van der Waals surface area (Å²) in [4.78, 5) is 24.1. The first-order valence-electron chi connectivity index (χ1n) is 12.7. The van der Waals surface area contributed by atoms with Crippen molar-refractivity contribution in [3.05, 3.63) is 54.1 Å². The highest BCUT2D eigenvalue weighted by Crippen LogP contribution is 2.33. The standard InChI is InChI=1S/C27H35N3O5S/c1-20(31)29-23-11-15-25(16-12-23)36(33,34)30-18-5-8-26(30)27(32)28-17-19-35-24-13-9-22(10-14-24)21-6-3-2-4-7-21/h9-16,21,26H,2-8,17-19H2,1H3,(H,28,32)(H,29,31). The summed E-state index contributed by atoms with van der Waals surface area (Å²) in [6, 6.07) is 13.4. The Bertz CT molecular complexity index is 1140. The Kier molecular flexibility index (Phi) is 8.64. The summed E-state index contributed by atoms with van der Waals surface area (Å²) >= 11 is 0. The van der Waals surface area contributed by atoms with Gasteiger partial charge in [0, 0.05) is 19.2 Å². The third kappa shape index (κ3) is 6.44. The van der Waals surface area contributed by atoms with Crippen LogP contribution >= 0.6 is 0 Å². The van der Waals surface area contributed by atoms with Gasteiger partial charge in [-0.05, 0) is 73.6 Å². The molecule has 1 heterocycles. The van der Waals surface area contributed by atoms with Crippen molar-refractivity contribution in [1.29, 1.82) is 0 Å². The number of ether oxygens (including phenoxy) is 1. The summed E-state index contributed by atoms with van der Waals surface area (Å²) < 4.78 is 33.4. The third-order valence-corrected chi connectivity index (χ3v) is 8.84. The Morgan fingerprint density at radius 2 is 1.64 bits per heavy atom. The molecule has 0 spiro atoms. The van der Waals surface area contributed by atoms with Crippen molar-refractivity contribution in [3.63, 3.8) is 0 Å². The van der Waals surface area contributed by atoms with Gasteiger partial charge in [-0.15, -0.1) is 0 Å². The quantitative estimate of drug-likeness (QED) is 0.493. The van der Waals surface area contributed by atoms with Gasteiger partial charge in [0.15, 0.2) is 0 Å². The van der Waals surface area contributed by atoms with Crippen LogP contribution in [0.3, 0.4) is 0 Å². The number of sulfonamides is 1. The number of nitrogens with zero attached hydrogens (tertiary/aromatic N) is 1. The SMILES string of the molecule is CC(=O)Nc1ccc(S(=O)(=O)N2CCCC2C(=O)NCCOc2ccc(C3CCCCC3)cc2)cc1. The molecule has 2 amide bonds. The summed E-state index contributed by atoms with van der Waals surface area (Å²) in [6.45, 7) is 2.27. The molecule has 2 aromatic rings. The van der Waals surface area contributed by atoms with E-state index in [2.05, 4.69) is 22.8 Å². The fourth-order valence-electron chi connectivity index (χ4n) is 5.07. The van der Waals surface area contributed by atoms with Crippen LogP contribution in [-0.2, 0) is 19.6 Å². The number of rotatable bonds is 9. The van der Waals surface area contributed by atoms with Gasteiger partial charge in [0.1, 0.15) is 18.4 Å². The molecule has 2 fully saturated rings. The molecule has 2 aliphatic rings. The second kappa shape index (κ2) is 11.9. The summed E-state index contributed by atoms with van der Waals surface area (Å²) in [5.41, 5.74) is 1.88. The highest BCUT2D eigenvalue weighted by atomic mass is 32.2. The predicted molar refractivity (Wildman–Crippen MR) is 138 cm³/mol. The van der Waals surface area contributed by atoms with Crippen molar-refractivity contribution < 1.29 is 22.7 Å². The molecule has 0 radical (unpaired) electrons. The molecule has 0 bridgehead atoms. The first-order chi connectivity index (χ1) is 17.3. The van der Waals surface area contributed by atoms with Gasteiger partial charge in [-0.2, -0.15) is 4.31 Å². The minimum absolute atomic E-state index is 0.0938. The lowest BCUT2D eigenvalue weighted by atomic mass is 9.84. The zero-order chi connectivity index (χ0) is 25.5. The van der Waals surface area contributed by atoms with Crippen LogP contribution in [0.2, 0.25) is 0 Å². The van der Waals surface area contributed by atoms with E-state index < -0.39 is 16.1 Å². The van der Waals surface area contributed by atoms with E-state index in [4.69, 9.17) is 4.74 Å². The normalized spacial score (nSPS) is 19.1. The molecule has 1 unspecified atom stereocenters. The highest BCUT2D eigenvalue weighted by molar-refractivity contribution is 7.89. The Morgan fingerprint density at radius 3 is 2.31 bits per heavy atom. The molecule has 9 heteroatoms. The third-order valence-electron chi connectivity index (χ3n) is 6.91. The number of anilines is 1. The number of carbonyl (C=O) groups is 2. The summed E-state index contributed by atoms with van der Waals surface area (Å²) in [5.74, 6) is 0.856. The molecule has 2 N–H and O–H groups in total. The minimum atomic E-state index is -3.84. The second-order valence-corrected chi connectivity index (χ2v) is 11.4. The van der Waals surface area contributed by atoms with Crippen LogP contribution in [0.1, 0.15) is 63.4 Å². The van der Waals surface area contributed by atoms with Crippen molar-refractivity contribution in [3.8, 4) is 5.75 Å². The van der Waals surface area contributed by atoms with E-state index in [1.165, 1.54) is 61.0 Å². The maximum atomic E-state index is 13.2. The molecule has 194 valence electrons. The molecule has 1 atom stereocenters. The lowest BCUT2D eigenvalue weighted by molar-refractivity contribution is -0.124. The van der Waals surface area contributed by atoms with Crippen molar-refractivity contribution in [2.24, 2.45) is 0 Å². The van der Waals surface area contributed by atoms with Crippen LogP contribution < -0.4 is 15.4 Å². The molecule has 1 saturated carbocycles. The van der Waals surface area contributed by atoms with Crippen molar-refractivity contribution in [2.45, 2.75) is 68.7 Å². The monoisotopic (exact) mass is 513 g/mol. The first kappa shape index (κ1) is 26.2. The van der Waals surface area contributed by atoms with Crippen LogP contribution in [0.5, 0.6) is 5.75 Å². The van der Waals surface area contributed by atoms with Crippen molar-refractivity contribution >= 4 is 27.5 Å². The zero-order valence-electron chi connectivity index (χ0n) is 20.7. The zero-order valence-corrected chi connectivity index (χ0v) is 21.6. The highest BCUT2D eigenvalue weighted by Gasteiger charge is 2.39. The fraction of sp³-hybridized carbons (Fsp3) is 0.481. The molecule has 0 aromatic heterocycles. The minimum Gasteiger partial charge on any atom is -0.492 e. The van der Waals surface area contributed by atoms with E-state index in [1.54, 1.807) is 12.1 Å². The summed E-state index contributed by atoms with van der Waals surface area (Å²) in [5, 5.41) is 5.44. The number of carbonyl (C=O) groups excluding carboxylic acids is 2. The van der Waals surface area contributed by atoms with Gasteiger partial charge in [0.05, 0.1) is 11.4 Å². The second-order valence-electron chi connectivity index (χ2n) is 9.52. The Labute approximate surface area is 213 Å². The van der Waals surface area contributed by atoms with Gasteiger partial charge >= 0.3 is 0 Å². The molecule has 1 saturated heterocycles. The topological polar surface area (TPSA) is 105 Å². The molecule has 2 aromatic carbocycles. The lowest BCUT2D eigenvalue weighted by Gasteiger charge is -2.23. The van der Waals surface area contributed by atoms with E-state index in [1.807, 2.05) is 12.1 Å². The maximum absolute atomic E-state index is 13.2. The fourth-order valence-corrected chi connectivity index (χ4v) is 6.73. The largest absolute Gasteiger partial charge is 0.492 e. The predicted octanol–water partition coefficient (Wildman–Crippen LogP) is 4.04. The van der Waals surface area contributed by atoms with Crippen LogP contribution in [0.15, 0.2) is 53.4 Å². The van der Waals surface area contributed by atoms with Gasteiger partial charge < -0.3 is 15.4 Å². The van der Waals surface area contributed by atoms with Crippen molar-refractivity contribution in [1.82, 2.24) is 9.62 Å². The van der Waals surface area contributed by atoms with Gasteiger partial charge in [-0.3, -0.25) is 9.59 Å². The number of benzene rings is 2. The van der Waals surface area contributed by atoms with Crippen LogP contribution in [0, 0.1) is 0 Å². The average Bonchev–Trinajstić information content (AvgIpc) is 3.39. The van der Waals surface area contributed by atoms with E-state index >= 15 is 0 Å². The van der Waals surface area contributed by atoms with Gasteiger partial charge in [-0.25, -0.2) is 8.42 Å². The maximum Gasteiger partial charge on any atom is 0.243 e. The molecular weight excluding hydrogens is 478 g/mol. The molecule has 36 heavy (non-hydrogen) atoms. The first-order valence-corrected chi connectivity index (χ1v) is 14.2. The van der Waals surface area contributed by atoms with Crippen molar-refractivity contribution in [2.75, 3.05) is 25.0 Å².